The van der Waals surface area contributed by atoms with E-state index in [1.54, 1.807) is 0 Å². The van der Waals surface area contributed by atoms with Gasteiger partial charge in [-0.2, -0.15) is 0 Å². The van der Waals surface area contributed by atoms with Gasteiger partial charge in [0.1, 0.15) is 6.10 Å². The summed E-state index contributed by atoms with van der Waals surface area (Å²) in [7, 11) is 0. The van der Waals surface area contributed by atoms with Crippen LogP contribution in [-0.2, 0) is 9.53 Å². The Kier molecular flexibility index (Phi) is 3.93. The largest absolute Gasteiger partial charge is 0.462 e. The van der Waals surface area contributed by atoms with Crippen molar-refractivity contribution in [2.24, 2.45) is 11.1 Å². The lowest BCUT2D eigenvalue weighted by Gasteiger charge is -2.25. The molecule has 0 heterocycles. The van der Waals surface area contributed by atoms with Gasteiger partial charge in [0.2, 0.25) is 0 Å². The summed E-state index contributed by atoms with van der Waals surface area (Å²) in [5, 5.41) is 0. The normalized spacial score (nSPS) is 21.9. The second-order valence-corrected chi connectivity index (χ2v) is 4.43. The fourth-order valence-corrected chi connectivity index (χ4v) is 1.67. The maximum atomic E-state index is 11.8. The third kappa shape index (κ3) is 2.47. The average molecular weight is 199 g/mol. The Bertz CT molecular complexity index is 193. The van der Waals surface area contributed by atoms with Crippen LogP contribution in [0.15, 0.2) is 0 Å². The van der Waals surface area contributed by atoms with Crippen molar-refractivity contribution in [3.05, 3.63) is 0 Å². The van der Waals surface area contributed by atoms with Crippen LogP contribution in [-0.4, -0.2) is 18.6 Å². The Morgan fingerprint density at radius 1 is 1.50 bits per heavy atom. The molecule has 0 aliphatic heterocycles. The zero-order chi connectivity index (χ0) is 10.6. The summed E-state index contributed by atoms with van der Waals surface area (Å²) < 4.78 is 5.44. The van der Waals surface area contributed by atoms with Gasteiger partial charge >= 0.3 is 5.97 Å². The van der Waals surface area contributed by atoms with Gasteiger partial charge in [0.25, 0.3) is 0 Å². The Balaban J connectivity index is 2.46. The molecule has 0 saturated heterocycles. The molecule has 0 bridgehead atoms. The topological polar surface area (TPSA) is 52.3 Å². The van der Waals surface area contributed by atoms with Gasteiger partial charge in [0, 0.05) is 6.54 Å². The van der Waals surface area contributed by atoms with E-state index in [-0.39, 0.29) is 12.1 Å². The van der Waals surface area contributed by atoms with Crippen LogP contribution < -0.4 is 5.73 Å². The van der Waals surface area contributed by atoms with Crippen molar-refractivity contribution in [2.45, 2.75) is 52.1 Å². The summed E-state index contributed by atoms with van der Waals surface area (Å²) in [6, 6.07) is 0. The Labute approximate surface area is 86.0 Å². The molecule has 1 aliphatic carbocycles. The van der Waals surface area contributed by atoms with Gasteiger partial charge < -0.3 is 10.5 Å². The van der Waals surface area contributed by atoms with Gasteiger partial charge in [-0.15, -0.1) is 0 Å². The van der Waals surface area contributed by atoms with Crippen molar-refractivity contribution in [3.8, 4) is 0 Å². The quantitative estimate of drug-likeness (QED) is 0.703. The highest BCUT2D eigenvalue weighted by Gasteiger charge is 2.33. The lowest BCUT2D eigenvalue weighted by Crippen LogP contribution is -2.38. The van der Waals surface area contributed by atoms with Gasteiger partial charge in [-0.3, -0.25) is 4.79 Å². The van der Waals surface area contributed by atoms with E-state index in [1.807, 2.05) is 13.8 Å². The zero-order valence-electron chi connectivity index (χ0n) is 9.21. The summed E-state index contributed by atoms with van der Waals surface area (Å²) >= 11 is 0. The first-order chi connectivity index (χ1) is 6.62. The molecular weight excluding hydrogens is 178 g/mol. The van der Waals surface area contributed by atoms with E-state index >= 15 is 0 Å². The van der Waals surface area contributed by atoms with E-state index in [2.05, 4.69) is 0 Å². The number of carbonyl (C=O) groups is 1. The molecule has 82 valence electrons. The predicted molar refractivity (Wildman–Crippen MR) is 55.8 cm³/mol. The highest BCUT2D eigenvalue weighted by Crippen LogP contribution is 2.26. The van der Waals surface area contributed by atoms with Crippen molar-refractivity contribution in [2.75, 3.05) is 6.54 Å². The number of hydrogen-bond donors (Lipinski definition) is 1. The standard InChI is InChI=1S/C11H21NO2/c1-3-11(2,8-12)10(13)14-9-6-4-5-7-9/h9H,3-8,12H2,1-2H3. The lowest BCUT2D eigenvalue weighted by atomic mass is 9.88. The second kappa shape index (κ2) is 4.78. The van der Waals surface area contributed by atoms with Crippen LogP contribution in [0.4, 0.5) is 0 Å². The molecule has 1 saturated carbocycles. The van der Waals surface area contributed by atoms with Crippen molar-refractivity contribution in [1.29, 1.82) is 0 Å². The molecule has 0 aromatic heterocycles. The van der Waals surface area contributed by atoms with Crippen molar-refractivity contribution < 1.29 is 9.53 Å². The number of carbonyl (C=O) groups excluding carboxylic acids is 1. The third-order valence-electron chi connectivity index (χ3n) is 3.30. The molecule has 1 rings (SSSR count). The van der Waals surface area contributed by atoms with Gasteiger partial charge in [-0.1, -0.05) is 6.92 Å². The molecule has 0 spiro atoms. The van der Waals surface area contributed by atoms with Gasteiger partial charge in [0.15, 0.2) is 0 Å². The predicted octanol–water partition coefficient (Wildman–Crippen LogP) is 1.85. The first-order valence-corrected chi connectivity index (χ1v) is 5.53. The highest BCUT2D eigenvalue weighted by molar-refractivity contribution is 5.76. The number of esters is 1. The summed E-state index contributed by atoms with van der Waals surface area (Å²) in [5.74, 6) is -0.116. The first kappa shape index (κ1) is 11.5. The molecule has 0 radical (unpaired) electrons. The second-order valence-electron chi connectivity index (χ2n) is 4.43. The highest BCUT2D eigenvalue weighted by atomic mass is 16.5. The van der Waals surface area contributed by atoms with Crippen LogP contribution in [0.5, 0.6) is 0 Å². The Morgan fingerprint density at radius 3 is 2.50 bits per heavy atom. The lowest BCUT2D eigenvalue weighted by molar-refractivity contribution is -0.159. The van der Waals surface area contributed by atoms with E-state index in [1.165, 1.54) is 12.8 Å². The molecule has 3 heteroatoms. The maximum absolute atomic E-state index is 11.8. The van der Waals surface area contributed by atoms with Crippen LogP contribution in [0.3, 0.4) is 0 Å². The SMILES string of the molecule is CCC(C)(CN)C(=O)OC1CCCC1. The molecule has 1 fully saturated rings. The van der Waals surface area contributed by atoms with Crippen molar-refractivity contribution in [3.63, 3.8) is 0 Å². The molecule has 2 N–H and O–H groups in total. The minimum atomic E-state index is -0.484. The molecule has 14 heavy (non-hydrogen) atoms. The molecule has 0 amide bonds. The molecule has 3 nitrogen and oxygen atoms in total. The molecule has 1 aliphatic rings. The third-order valence-corrected chi connectivity index (χ3v) is 3.30. The molecule has 1 unspecified atom stereocenters. The number of hydrogen-bond acceptors (Lipinski definition) is 3. The van der Waals surface area contributed by atoms with Crippen LogP contribution >= 0.6 is 0 Å². The van der Waals surface area contributed by atoms with Crippen molar-refractivity contribution >= 4 is 5.97 Å². The summed E-state index contributed by atoms with van der Waals surface area (Å²) in [4.78, 5) is 11.8. The van der Waals surface area contributed by atoms with E-state index in [9.17, 15) is 4.79 Å². The zero-order valence-corrected chi connectivity index (χ0v) is 9.21. The monoisotopic (exact) mass is 199 g/mol. The summed E-state index contributed by atoms with van der Waals surface area (Å²) in [6.45, 7) is 4.22. The van der Waals surface area contributed by atoms with E-state index in [0.717, 1.165) is 19.3 Å². The van der Waals surface area contributed by atoms with E-state index in [0.29, 0.717) is 6.54 Å². The minimum Gasteiger partial charge on any atom is -0.462 e. The Morgan fingerprint density at radius 2 is 2.07 bits per heavy atom. The smallest absolute Gasteiger partial charge is 0.313 e. The molecular formula is C11H21NO2. The summed E-state index contributed by atoms with van der Waals surface area (Å²) in [6.07, 6.45) is 5.31. The van der Waals surface area contributed by atoms with Gasteiger partial charge in [-0.05, 0) is 39.0 Å². The Hall–Kier alpha value is -0.570. The van der Waals surface area contributed by atoms with Crippen molar-refractivity contribution in [1.82, 2.24) is 0 Å². The van der Waals surface area contributed by atoms with Crippen LogP contribution in [0.25, 0.3) is 0 Å². The van der Waals surface area contributed by atoms with E-state index in [4.69, 9.17) is 10.5 Å². The number of rotatable bonds is 4. The van der Waals surface area contributed by atoms with Gasteiger partial charge in [-0.25, -0.2) is 0 Å². The maximum Gasteiger partial charge on any atom is 0.313 e. The molecule has 1 atom stereocenters. The minimum absolute atomic E-state index is 0.116. The van der Waals surface area contributed by atoms with Crippen LogP contribution in [0.2, 0.25) is 0 Å². The van der Waals surface area contributed by atoms with Crippen LogP contribution in [0.1, 0.15) is 46.0 Å². The summed E-state index contributed by atoms with van der Waals surface area (Å²) in [5.41, 5.74) is 5.11. The molecule has 0 aromatic carbocycles. The number of ether oxygens (including phenoxy) is 1. The average Bonchev–Trinajstić information content (AvgIpc) is 2.69. The first-order valence-electron chi connectivity index (χ1n) is 5.53. The van der Waals surface area contributed by atoms with Gasteiger partial charge in [0.05, 0.1) is 5.41 Å². The van der Waals surface area contributed by atoms with Crippen LogP contribution in [0, 0.1) is 5.41 Å². The molecule has 0 aromatic rings. The number of nitrogens with two attached hydrogens (primary N) is 1. The fourth-order valence-electron chi connectivity index (χ4n) is 1.67. The van der Waals surface area contributed by atoms with E-state index < -0.39 is 5.41 Å². The fraction of sp³-hybridized carbons (Fsp3) is 0.909.